The first-order valence-electron chi connectivity index (χ1n) is 19.1. The van der Waals surface area contributed by atoms with Crippen molar-refractivity contribution in [3.63, 3.8) is 0 Å². The molecule has 0 spiro atoms. The first-order chi connectivity index (χ1) is 25.8. The zero-order valence-corrected chi connectivity index (χ0v) is 33.8. The zero-order chi connectivity index (χ0) is 39.4. The van der Waals surface area contributed by atoms with Crippen LogP contribution in [-0.2, 0) is 10.8 Å². The molecule has 0 aromatic heterocycles. The summed E-state index contributed by atoms with van der Waals surface area (Å²) in [6.07, 6.45) is 18.9. The van der Waals surface area contributed by atoms with Crippen LogP contribution in [0.15, 0.2) is 154 Å². The van der Waals surface area contributed by atoms with Gasteiger partial charge in [0, 0.05) is 40.8 Å². The molecule has 2 nitrogen and oxygen atoms in total. The van der Waals surface area contributed by atoms with Gasteiger partial charge in [-0.15, -0.1) is 0 Å². The average molecular weight is 711 g/mol. The smallest absolute Gasteiger partial charge is 0.0543 e. The summed E-state index contributed by atoms with van der Waals surface area (Å²) in [6, 6.07) is 27.0. The average Bonchev–Trinajstić information content (AvgIpc) is 3.39. The van der Waals surface area contributed by atoms with Crippen LogP contribution in [0, 0.1) is 5.92 Å². The van der Waals surface area contributed by atoms with E-state index >= 15 is 0 Å². The lowest BCUT2D eigenvalue weighted by Gasteiger charge is -2.32. The molecule has 1 aliphatic rings. The van der Waals surface area contributed by atoms with Crippen molar-refractivity contribution in [2.24, 2.45) is 5.92 Å². The number of rotatable bonds is 14. The van der Waals surface area contributed by atoms with E-state index < -0.39 is 0 Å². The van der Waals surface area contributed by atoms with Crippen LogP contribution in [0.1, 0.15) is 88.3 Å². The predicted molar refractivity (Wildman–Crippen MR) is 241 cm³/mol. The Morgan fingerprint density at radius 2 is 1.44 bits per heavy atom. The highest BCUT2D eigenvalue weighted by atomic mass is 15.1. The number of benzene rings is 4. The minimum absolute atomic E-state index is 0.0172. The van der Waals surface area contributed by atoms with Gasteiger partial charge in [-0.3, -0.25) is 0 Å². The fraction of sp³-hybridized carbons (Fsp3) is 0.231. The summed E-state index contributed by atoms with van der Waals surface area (Å²) in [7, 11) is 2.15. The van der Waals surface area contributed by atoms with E-state index in [0.717, 1.165) is 46.0 Å². The topological polar surface area (TPSA) is 6.48 Å². The molecule has 1 aliphatic carbocycles. The van der Waals surface area contributed by atoms with Crippen LogP contribution in [0.4, 0.5) is 22.7 Å². The fourth-order valence-electron chi connectivity index (χ4n) is 7.64. The molecule has 0 saturated heterocycles. The summed E-state index contributed by atoms with van der Waals surface area (Å²) in [5, 5.41) is 0. The van der Waals surface area contributed by atoms with Crippen molar-refractivity contribution >= 4 is 40.5 Å². The van der Waals surface area contributed by atoms with E-state index in [0.29, 0.717) is 5.92 Å². The largest absolute Gasteiger partial charge is 0.345 e. The summed E-state index contributed by atoms with van der Waals surface area (Å²) in [4.78, 5) is 4.57. The molecule has 1 unspecified atom stereocenters. The van der Waals surface area contributed by atoms with E-state index in [1.54, 1.807) is 0 Å². The van der Waals surface area contributed by atoms with Crippen LogP contribution in [0.5, 0.6) is 0 Å². The van der Waals surface area contributed by atoms with Gasteiger partial charge in [0.2, 0.25) is 0 Å². The molecule has 0 saturated carbocycles. The lowest BCUT2D eigenvalue weighted by Crippen LogP contribution is -2.21. The third kappa shape index (κ3) is 7.44. The molecule has 0 fully saturated rings. The van der Waals surface area contributed by atoms with Crippen LogP contribution in [0.25, 0.3) is 28.9 Å². The third-order valence-corrected chi connectivity index (χ3v) is 11.0. The summed E-state index contributed by atoms with van der Waals surface area (Å²) in [6.45, 7) is 36.7. The maximum absolute atomic E-state index is 4.36. The second kappa shape index (κ2) is 16.2. The molecule has 54 heavy (non-hydrogen) atoms. The Morgan fingerprint density at radius 1 is 0.759 bits per heavy atom. The Kier molecular flexibility index (Phi) is 11.9. The van der Waals surface area contributed by atoms with Gasteiger partial charge in [0.05, 0.1) is 5.69 Å². The zero-order valence-electron chi connectivity index (χ0n) is 33.8. The van der Waals surface area contributed by atoms with Crippen molar-refractivity contribution in [2.45, 2.75) is 65.7 Å². The third-order valence-electron chi connectivity index (χ3n) is 11.0. The Labute approximate surface area is 326 Å². The van der Waals surface area contributed by atoms with Crippen molar-refractivity contribution in [1.82, 2.24) is 0 Å². The van der Waals surface area contributed by atoms with Gasteiger partial charge < -0.3 is 9.80 Å². The molecule has 0 aliphatic heterocycles. The van der Waals surface area contributed by atoms with Gasteiger partial charge in [-0.1, -0.05) is 154 Å². The molecular formula is C52H58N2. The van der Waals surface area contributed by atoms with E-state index in [-0.39, 0.29) is 10.8 Å². The van der Waals surface area contributed by atoms with Gasteiger partial charge in [-0.25, -0.2) is 0 Å². The molecular weight excluding hydrogens is 653 g/mol. The fourth-order valence-corrected chi connectivity index (χ4v) is 7.64. The van der Waals surface area contributed by atoms with Gasteiger partial charge in [-0.05, 0) is 117 Å². The molecule has 0 heterocycles. The molecule has 5 rings (SSSR count). The van der Waals surface area contributed by atoms with Crippen LogP contribution >= 0.6 is 0 Å². The van der Waals surface area contributed by atoms with Crippen molar-refractivity contribution in [3.8, 4) is 11.1 Å². The SMILES string of the molecule is C=C/C=C\C=C(\c1ccc(N(C)c2ccc3c(c2)C(C)(C)c2cc(N(/C(C=C)=C/C=C)c4cccc(C(C)(C)C)c4)c(C=C)c(C=C)c2-3)cc1)C(C)CC. The number of allylic oxidation sites excluding steroid dienone is 8. The second-order valence-corrected chi connectivity index (χ2v) is 15.7. The minimum atomic E-state index is -0.290. The molecule has 2 heteroatoms. The van der Waals surface area contributed by atoms with Crippen LogP contribution in [-0.4, -0.2) is 7.05 Å². The van der Waals surface area contributed by atoms with Gasteiger partial charge in [-0.2, -0.15) is 0 Å². The second-order valence-electron chi connectivity index (χ2n) is 15.7. The van der Waals surface area contributed by atoms with Crippen LogP contribution in [0.3, 0.4) is 0 Å². The standard InChI is InChI=1S/C52H58N2/c1-14-20-21-26-45(36(7)16-3)37-27-29-40(30-28-37)53(13)41-31-32-46-47(34-41)52(11,12)48-35-49(43(18-5)44(19-6)50(46)48)54(39(17-4)23-15-2)42-25-22-24-38(33-42)51(8,9)10/h14-15,17-36H,1-2,4-6,16H2,3,7-13H3/b21-20-,39-23+,45-26+. The van der Waals surface area contributed by atoms with Gasteiger partial charge in [0.15, 0.2) is 0 Å². The van der Waals surface area contributed by atoms with Gasteiger partial charge in [0.25, 0.3) is 0 Å². The number of nitrogens with zero attached hydrogens (tertiary/aromatic N) is 2. The number of fused-ring (bicyclic) bond motifs is 3. The summed E-state index contributed by atoms with van der Waals surface area (Å²) in [5.41, 5.74) is 15.9. The van der Waals surface area contributed by atoms with Crippen LogP contribution in [0.2, 0.25) is 0 Å². The Hall–Kier alpha value is -5.60. The van der Waals surface area contributed by atoms with Crippen molar-refractivity contribution in [2.75, 3.05) is 16.8 Å². The molecule has 276 valence electrons. The Balaban J connectivity index is 1.64. The molecule has 0 bridgehead atoms. The van der Waals surface area contributed by atoms with Crippen molar-refractivity contribution < 1.29 is 0 Å². The molecule has 0 amide bonds. The quantitative estimate of drug-likeness (QED) is 0.120. The first kappa shape index (κ1) is 39.6. The maximum atomic E-state index is 4.36. The van der Waals surface area contributed by atoms with E-state index in [9.17, 15) is 0 Å². The molecule has 4 aromatic rings. The lowest BCUT2D eigenvalue weighted by atomic mass is 9.81. The normalized spacial score (nSPS) is 14.2. The summed E-state index contributed by atoms with van der Waals surface area (Å²) >= 11 is 0. The maximum Gasteiger partial charge on any atom is 0.0543 e. The number of anilines is 4. The van der Waals surface area contributed by atoms with E-state index in [1.165, 1.54) is 39.0 Å². The molecule has 4 aromatic carbocycles. The Bertz CT molecular complexity index is 2170. The van der Waals surface area contributed by atoms with Crippen LogP contribution < -0.4 is 9.80 Å². The Morgan fingerprint density at radius 3 is 2.04 bits per heavy atom. The monoisotopic (exact) mass is 710 g/mol. The minimum Gasteiger partial charge on any atom is -0.345 e. The summed E-state index contributed by atoms with van der Waals surface area (Å²) in [5.74, 6) is 0.452. The lowest BCUT2D eigenvalue weighted by molar-refractivity contribution is 0.590. The van der Waals surface area contributed by atoms with E-state index in [1.807, 2.05) is 42.5 Å². The van der Waals surface area contributed by atoms with Gasteiger partial charge >= 0.3 is 0 Å². The van der Waals surface area contributed by atoms with E-state index in [2.05, 4.69) is 183 Å². The van der Waals surface area contributed by atoms with Crippen molar-refractivity contribution in [1.29, 1.82) is 0 Å². The number of hydrogen-bond acceptors (Lipinski definition) is 2. The first-order valence-corrected chi connectivity index (χ1v) is 19.1. The van der Waals surface area contributed by atoms with Crippen molar-refractivity contribution in [3.05, 3.63) is 187 Å². The predicted octanol–water partition coefficient (Wildman–Crippen LogP) is 14.9. The number of hydrogen-bond donors (Lipinski definition) is 0. The highest BCUT2D eigenvalue weighted by molar-refractivity contribution is 5.96. The van der Waals surface area contributed by atoms with Gasteiger partial charge in [0.1, 0.15) is 0 Å². The molecule has 0 radical (unpaired) electrons. The highest BCUT2D eigenvalue weighted by Crippen LogP contribution is 2.55. The summed E-state index contributed by atoms with van der Waals surface area (Å²) < 4.78 is 0. The van der Waals surface area contributed by atoms with E-state index in [4.69, 9.17) is 0 Å². The molecule has 0 N–H and O–H groups in total. The molecule has 1 atom stereocenters. The highest BCUT2D eigenvalue weighted by Gasteiger charge is 2.39.